The number of piperazine rings is 1. The number of nitrogens with zero attached hydrogens (tertiary/aromatic N) is 1. The molecule has 0 radical (unpaired) electrons. The molecule has 1 atom stereocenters. The fourth-order valence-electron chi connectivity index (χ4n) is 2.35. The highest BCUT2D eigenvalue weighted by Crippen LogP contribution is 2.11. The number of carbonyl (C=O) groups is 1. The topological polar surface area (TPSA) is 44.4 Å². The lowest BCUT2D eigenvalue weighted by atomic mass is 10.1. The predicted octanol–water partition coefficient (Wildman–Crippen LogP) is 1.48. The van der Waals surface area contributed by atoms with Gasteiger partial charge in [0.1, 0.15) is 0 Å². The Morgan fingerprint density at radius 1 is 1.42 bits per heavy atom. The van der Waals surface area contributed by atoms with Gasteiger partial charge in [0.15, 0.2) is 0 Å². The molecule has 0 aliphatic carbocycles. The molecule has 2 N–H and O–H groups in total. The van der Waals surface area contributed by atoms with Crippen LogP contribution in [0.5, 0.6) is 0 Å². The monoisotopic (exact) mass is 261 g/mol. The molecule has 1 fully saturated rings. The van der Waals surface area contributed by atoms with Crippen molar-refractivity contribution >= 4 is 11.6 Å². The van der Waals surface area contributed by atoms with Crippen LogP contribution in [0.25, 0.3) is 0 Å². The van der Waals surface area contributed by atoms with E-state index in [1.165, 1.54) is 5.56 Å². The minimum atomic E-state index is -0.117. The second-order valence-electron chi connectivity index (χ2n) is 5.21. The van der Waals surface area contributed by atoms with Crippen molar-refractivity contribution in [3.63, 3.8) is 0 Å². The normalized spacial score (nSPS) is 20.2. The number of aryl methyl sites for hydroxylation is 1. The number of hydrogen-bond donors (Lipinski definition) is 2. The molecule has 1 saturated heterocycles. The van der Waals surface area contributed by atoms with E-state index < -0.39 is 0 Å². The molecule has 19 heavy (non-hydrogen) atoms. The van der Waals surface area contributed by atoms with Gasteiger partial charge < -0.3 is 15.5 Å². The Bertz CT molecular complexity index is 416. The maximum atomic E-state index is 12.1. The van der Waals surface area contributed by atoms with E-state index in [-0.39, 0.29) is 11.9 Å². The van der Waals surface area contributed by atoms with E-state index in [9.17, 15) is 4.79 Å². The molecule has 2 rings (SSSR count). The lowest BCUT2D eigenvalue weighted by Crippen LogP contribution is -2.54. The molecule has 1 aliphatic rings. The summed E-state index contributed by atoms with van der Waals surface area (Å²) in [7, 11) is 2.04. The Labute approximate surface area is 115 Å². The van der Waals surface area contributed by atoms with Crippen LogP contribution in [0.4, 0.5) is 5.69 Å². The summed E-state index contributed by atoms with van der Waals surface area (Å²) in [5, 5.41) is 6.22. The molecule has 0 aromatic heterocycles. The molecule has 0 saturated carbocycles. The number of carbonyl (C=O) groups excluding carboxylic acids is 1. The van der Waals surface area contributed by atoms with E-state index in [0.29, 0.717) is 0 Å². The van der Waals surface area contributed by atoms with Crippen molar-refractivity contribution in [2.75, 3.05) is 32.0 Å². The first-order chi connectivity index (χ1) is 9.19. The van der Waals surface area contributed by atoms with Crippen LogP contribution in [0, 0.1) is 0 Å². The van der Waals surface area contributed by atoms with Crippen molar-refractivity contribution in [2.45, 2.75) is 25.8 Å². The smallest absolute Gasteiger partial charge is 0.242 e. The summed E-state index contributed by atoms with van der Waals surface area (Å²) in [6.07, 6.45) is 2.23. The lowest BCUT2D eigenvalue weighted by Gasteiger charge is -2.29. The van der Waals surface area contributed by atoms with Gasteiger partial charge in [0.2, 0.25) is 5.91 Å². The molecule has 1 heterocycles. The summed E-state index contributed by atoms with van der Waals surface area (Å²) in [4.78, 5) is 14.3. The number of nitrogens with one attached hydrogen (secondary N) is 2. The van der Waals surface area contributed by atoms with E-state index >= 15 is 0 Å². The molecule has 1 aromatic rings. The highest BCUT2D eigenvalue weighted by atomic mass is 16.2. The number of likely N-dealkylation sites (N-methyl/N-ethyl adjacent to an activating group) is 1. The fourth-order valence-corrected chi connectivity index (χ4v) is 2.35. The van der Waals surface area contributed by atoms with E-state index in [0.717, 1.165) is 38.2 Å². The van der Waals surface area contributed by atoms with Crippen LogP contribution in [0.3, 0.4) is 0 Å². The second kappa shape index (κ2) is 6.68. The number of rotatable bonds is 4. The minimum Gasteiger partial charge on any atom is -0.325 e. The third kappa shape index (κ3) is 4.04. The number of benzene rings is 1. The first-order valence-electron chi connectivity index (χ1n) is 7.00. The zero-order valence-corrected chi connectivity index (χ0v) is 11.8. The lowest BCUT2D eigenvalue weighted by molar-refractivity contribution is -0.119. The maximum Gasteiger partial charge on any atom is 0.242 e. The van der Waals surface area contributed by atoms with Gasteiger partial charge in [-0.05, 0) is 31.2 Å². The van der Waals surface area contributed by atoms with Gasteiger partial charge in [-0.3, -0.25) is 4.79 Å². The van der Waals surface area contributed by atoms with E-state index in [1.54, 1.807) is 0 Å². The maximum absolute atomic E-state index is 12.1. The number of hydrogen-bond acceptors (Lipinski definition) is 3. The summed E-state index contributed by atoms with van der Waals surface area (Å²) in [5.41, 5.74) is 2.19. The fraction of sp³-hybridized carbons (Fsp3) is 0.533. The number of anilines is 1. The van der Waals surface area contributed by atoms with Crippen molar-refractivity contribution < 1.29 is 4.79 Å². The minimum absolute atomic E-state index is 0.0507. The van der Waals surface area contributed by atoms with Gasteiger partial charge >= 0.3 is 0 Å². The van der Waals surface area contributed by atoms with Gasteiger partial charge in [-0.1, -0.05) is 25.5 Å². The van der Waals surface area contributed by atoms with Gasteiger partial charge in [0, 0.05) is 25.3 Å². The quantitative estimate of drug-likeness (QED) is 0.863. The van der Waals surface area contributed by atoms with Gasteiger partial charge in [-0.15, -0.1) is 0 Å². The van der Waals surface area contributed by atoms with Crippen LogP contribution < -0.4 is 10.6 Å². The molecular formula is C15H23N3O. The van der Waals surface area contributed by atoms with Crippen molar-refractivity contribution in [1.29, 1.82) is 0 Å². The molecule has 0 spiro atoms. The molecule has 4 heteroatoms. The molecular weight excluding hydrogens is 238 g/mol. The zero-order chi connectivity index (χ0) is 13.7. The van der Waals surface area contributed by atoms with Crippen LogP contribution in [-0.2, 0) is 11.2 Å². The number of amides is 1. The summed E-state index contributed by atoms with van der Waals surface area (Å²) in [6.45, 7) is 4.79. The molecule has 4 nitrogen and oxygen atoms in total. The molecule has 1 unspecified atom stereocenters. The van der Waals surface area contributed by atoms with Gasteiger partial charge in [-0.2, -0.15) is 0 Å². The highest BCUT2D eigenvalue weighted by molar-refractivity contribution is 5.95. The Kier molecular flexibility index (Phi) is 4.93. The third-order valence-electron chi connectivity index (χ3n) is 3.46. The SMILES string of the molecule is CCCc1ccc(NC(=O)C2CN(C)CCN2)cc1. The van der Waals surface area contributed by atoms with Gasteiger partial charge in [0.05, 0.1) is 6.04 Å². The average Bonchev–Trinajstić information content (AvgIpc) is 2.41. The van der Waals surface area contributed by atoms with E-state index in [4.69, 9.17) is 0 Å². The third-order valence-corrected chi connectivity index (χ3v) is 3.46. The first kappa shape index (κ1) is 14.0. The largest absolute Gasteiger partial charge is 0.325 e. The van der Waals surface area contributed by atoms with Crippen LogP contribution in [-0.4, -0.2) is 43.5 Å². The summed E-state index contributed by atoms with van der Waals surface area (Å²) >= 11 is 0. The van der Waals surface area contributed by atoms with Crippen molar-refractivity contribution in [1.82, 2.24) is 10.2 Å². The van der Waals surface area contributed by atoms with Crippen LogP contribution in [0.1, 0.15) is 18.9 Å². The zero-order valence-electron chi connectivity index (χ0n) is 11.8. The average molecular weight is 261 g/mol. The summed E-state index contributed by atoms with van der Waals surface area (Å²) in [6, 6.07) is 8.01. The Morgan fingerprint density at radius 2 is 2.16 bits per heavy atom. The second-order valence-corrected chi connectivity index (χ2v) is 5.21. The molecule has 1 aliphatic heterocycles. The highest BCUT2D eigenvalue weighted by Gasteiger charge is 2.23. The van der Waals surface area contributed by atoms with Crippen LogP contribution in [0.15, 0.2) is 24.3 Å². The van der Waals surface area contributed by atoms with Crippen molar-refractivity contribution in [3.8, 4) is 0 Å². The Morgan fingerprint density at radius 3 is 2.79 bits per heavy atom. The van der Waals surface area contributed by atoms with Crippen molar-refractivity contribution in [2.24, 2.45) is 0 Å². The van der Waals surface area contributed by atoms with E-state index in [2.05, 4.69) is 34.6 Å². The van der Waals surface area contributed by atoms with Gasteiger partial charge in [0.25, 0.3) is 0 Å². The molecule has 1 amide bonds. The molecule has 104 valence electrons. The molecule has 1 aromatic carbocycles. The standard InChI is InChI=1S/C15H23N3O/c1-3-4-12-5-7-13(8-6-12)17-15(19)14-11-18(2)10-9-16-14/h5-8,14,16H,3-4,9-11H2,1-2H3,(H,17,19). The van der Waals surface area contributed by atoms with E-state index in [1.807, 2.05) is 19.2 Å². The van der Waals surface area contributed by atoms with Crippen LogP contribution in [0.2, 0.25) is 0 Å². The Balaban J connectivity index is 1.90. The van der Waals surface area contributed by atoms with Crippen LogP contribution >= 0.6 is 0 Å². The Hall–Kier alpha value is -1.39. The van der Waals surface area contributed by atoms with Gasteiger partial charge in [-0.25, -0.2) is 0 Å². The first-order valence-corrected chi connectivity index (χ1v) is 7.00. The summed E-state index contributed by atoms with van der Waals surface area (Å²) in [5.74, 6) is 0.0507. The van der Waals surface area contributed by atoms with Crippen molar-refractivity contribution in [3.05, 3.63) is 29.8 Å². The summed E-state index contributed by atoms with van der Waals surface area (Å²) < 4.78 is 0. The predicted molar refractivity (Wildman–Crippen MR) is 78.4 cm³/mol. The molecule has 0 bridgehead atoms.